The number of hydrogen-bond donors (Lipinski definition) is 2. The highest BCUT2D eigenvalue weighted by Crippen LogP contribution is 2.31. The molecule has 0 fully saturated rings. The number of nitrogen functional groups attached to an aromatic ring is 1. The third-order valence-corrected chi connectivity index (χ3v) is 6.19. The van der Waals surface area contributed by atoms with Crippen LogP contribution in [0.1, 0.15) is 15.3 Å². The highest BCUT2D eigenvalue weighted by molar-refractivity contribution is 7.14. The Kier molecular flexibility index (Phi) is 4.58. The number of nitriles is 1. The van der Waals surface area contributed by atoms with Gasteiger partial charge < -0.3 is 20.3 Å². The molecule has 0 aliphatic carbocycles. The first kappa shape index (κ1) is 20.2. The number of carbonyl (C=O) groups excluding carboxylic acids is 2. The topological polar surface area (TPSA) is 140 Å². The Balaban J connectivity index is 1.66. The molecule has 3 aromatic rings. The highest BCUT2D eigenvalue weighted by Gasteiger charge is 2.31. The first-order valence-corrected chi connectivity index (χ1v) is 10.4. The standard InChI is InChI=1S/C24H12N2O6S/c25-10-12(22(27)28)7-14-5-6-19(33-14)21-16-9-17-15(8-18(16)32-24(21)30)20(23(29)31-17)11-1-3-13(26)4-2-11/h1-9H,26H2,(H,27,28)/b12-7+. The maximum atomic E-state index is 12.7. The van der Waals surface area contributed by atoms with Crippen LogP contribution in [0.3, 0.4) is 0 Å². The lowest BCUT2D eigenvalue weighted by Crippen LogP contribution is -2.11. The van der Waals surface area contributed by atoms with Gasteiger partial charge in [0.25, 0.3) is 0 Å². The number of carbonyl (C=O) groups is 3. The monoisotopic (exact) mass is 456 g/mol. The van der Waals surface area contributed by atoms with Crippen LogP contribution in [0.4, 0.5) is 5.69 Å². The molecule has 2 aliphatic heterocycles. The fourth-order valence-corrected chi connectivity index (χ4v) is 4.64. The molecular weight excluding hydrogens is 444 g/mol. The normalized spacial score (nSPS) is 14.5. The number of esters is 2. The lowest BCUT2D eigenvalue weighted by atomic mass is 10.0. The summed E-state index contributed by atoms with van der Waals surface area (Å²) in [7, 11) is 0. The van der Waals surface area contributed by atoms with Crippen molar-refractivity contribution >= 4 is 52.2 Å². The quantitative estimate of drug-likeness (QED) is 0.198. The van der Waals surface area contributed by atoms with Gasteiger partial charge in [0, 0.05) is 25.9 Å². The zero-order valence-corrected chi connectivity index (χ0v) is 17.4. The number of ether oxygens (including phenoxy) is 2. The van der Waals surface area contributed by atoms with Crippen molar-refractivity contribution < 1.29 is 29.0 Å². The average Bonchev–Trinajstić information content (AvgIpc) is 3.44. The molecule has 0 saturated carbocycles. The van der Waals surface area contributed by atoms with Gasteiger partial charge in [-0.3, -0.25) is 0 Å². The third kappa shape index (κ3) is 3.35. The molecular formula is C24H12N2O6S. The van der Waals surface area contributed by atoms with E-state index in [1.54, 1.807) is 54.6 Å². The molecule has 0 spiro atoms. The summed E-state index contributed by atoms with van der Waals surface area (Å²) >= 11 is 1.14. The number of carboxylic acids is 1. The second-order valence-corrected chi connectivity index (χ2v) is 8.29. The number of benzene rings is 2. The SMILES string of the molecule is N#C/C(=C\c1ccc(C2=c3cc4c(cc3OC2=O)=C(c2ccc(N)cc2)C(=O)O4)s1)C(=O)O. The summed E-state index contributed by atoms with van der Waals surface area (Å²) in [5, 5.41) is 19.0. The average molecular weight is 456 g/mol. The van der Waals surface area contributed by atoms with Crippen molar-refractivity contribution in [3.63, 3.8) is 0 Å². The zero-order valence-electron chi connectivity index (χ0n) is 16.6. The van der Waals surface area contributed by atoms with Crippen molar-refractivity contribution in [2.75, 3.05) is 5.73 Å². The number of rotatable bonds is 4. The summed E-state index contributed by atoms with van der Waals surface area (Å²) < 4.78 is 10.9. The minimum absolute atomic E-state index is 0.267. The van der Waals surface area contributed by atoms with E-state index >= 15 is 0 Å². The van der Waals surface area contributed by atoms with Crippen molar-refractivity contribution in [2.24, 2.45) is 0 Å². The van der Waals surface area contributed by atoms with Crippen LogP contribution in [0.15, 0.2) is 54.1 Å². The minimum atomic E-state index is -1.34. The number of nitrogens with zero attached hydrogens (tertiary/aromatic N) is 1. The molecule has 2 aromatic carbocycles. The van der Waals surface area contributed by atoms with E-state index < -0.39 is 23.5 Å². The summed E-state index contributed by atoms with van der Waals surface area (Å²) in [5.41, 5.74) is 7.11. The third-order valence-electron chi connectivity index (χ3n) is 5.14. The van der Waals surface area contributed by atoms with Crippen LogP contribution in [0.25, 0.3) is 17.2 Å². The molecule has 8 nitrogen and oxygen atoms in total. The highest BCUT2D eigenvalue weighted by atomic mass is 32.1. The minimum Gasteiger partial charge on any atom is -0.477 e. The van der Waals surface area contributed by atoms with Crippen molar-refractivity contribution in [3.8, 4) is 17.6 Å². The lowest BCUT2D eigenvalue weighted by Gasteiger charge is -2.00. The van der Waals surface area contributed by atoms with E-state index in [1.165, 1.54) is 6.08 Å². The Hall–Kier alpha value is -4.68. The van der Waals surface area contributed by atoms with Crippen LogP contribution in [0, 0.1) is 11.3 Å². The maximum absolute atomic E-state index is 12.7. The predicted octanol–water partition coefficient (Wildman–Crippen LogP) is 1.56. The van der Waals surface area contributed by atoms with Gasteiger partial charge in [0.2, 0.25) is 0 Å². The predicted molar refractivity (Wildman–Crippen MR) is 118 cm³/mol. The van der Waals surface area contributed by atoms with Crippen molar-refractivity contribution in [1.82, 2.24) is 0 Å². The molecule has 0 saturated heterocycles. The van der Waals surface area contributed by atoms with E-state index in [0.29, 0.717) is 42.8 Å². The molecule has 3 heterocycles. The first-order chi connectivity index (χ1) is 15.9. The first-order valence-electron chi connectivity index (χ1n) is 9.54. The van der Waals surface area contributed by atoms with E-state index in [0.717, 1.165) is 11.3 Å². The van der Waals surface area contributed by atoms with Crippen LogP contribution in [-0.4, -0.2) is 23.0 Å². The van der Waals surface area contributed by atoms with Gasteiger partial charge in [0.1, 0.15) is 23.1 Å². The fraction of sp³-hybridized carbons (Fsp3) is 0. The number of aliphatic carboxylic acids is 1. The molecule has 2 aliphatic rings. The number of fused-ring (bicyclic) bond motifs is 2. The molecule has 0 radical (unpaired) electrons. The number of carboxylic acid groups (broad SMARTS) is 1. The van der Waals surface area contributed by atoms with Crippen LogP contribution < -0.4 is 25.6 Å². The Morgan fingerprint density at radius 2 is 1.58 bits per heavy atom. The van der Waals surface area contributed by atoms with Gasteiger partial charge in [-0.15, -0.1) is 11.3 Å². The van der Waals surface area contributed by atoms with Gasteiger partial charge in [-0.2, -0.15) is 5.26 Å². The van der Waals surface area contributed by atoms with Gasteiger partial charge in [-0.1, -0.05) is 12.1 Å². The molecule has 0 atom stereocenters. The molecule has 33 heavy (non-hydrogen) atoms. The summed E-state index contributed by atoms with van der Waals surface area (Å²) in [6.07, 6.45) is 1.23. The molecule has 5 rings (SSSR count). The molecule has 9 heteroatoms. The fourth-order valence-electron chi connectivity index (χ4n) is 3.65. The summed E-state index contributed by atoms with van der Waals surface area (Å²) in [4.78, 5) is 37.3. The van der Waals surface area contributed by atoms with Gasteiger partial charge in [-0.05, 0) is 48.0 Å². The number of hydrogen-bond acceptors (Lipinski definition) is 8. The van der Waals surface area contributed by atoms with Crippen molar-refractivity contribution in [2.45, 2.75) is 0 Å². The number of nitrogens with two attached hydrogens (primary N) is 1. The van der Waals surface area contributed by atoms with Crippen LogP contribution in [0.2, 0.25) is 0 Å². The van der Waals surface area contributed by atoms with Gasteiger partial charge in [0.05, 0.1) is 11.1 Å². The van der Waals surface area contributed by atoms with E-state index in [-0.39, 0.29) is 11.3 Å². The van der Waals surface area contributed by atoms with Gasteiger partial charge >= 0.3 is 17.9 Å². The molecule has 0 amide bonds. The second-order valence-electron chi connectivity index (χ2n) is 7.17. The van der Waals surface area contributed by atoms with Crippen molar-refractivity contribution in [3.05, 3.63) is 79.9 Å². The molecule has 1 aromatic heterocycles. The van der Waals surface area contributed by atoms with Gasteiger partial charge in [0.15, 0.2) is 0 Å². The molecule has 3 N–H and O–H groups in total. The Bertz CT molecular complexity index is 1590. The number of anilines is 1. The van der Waals surface area contributed by atoms with Gasteiger partial charge in [-0.25, -0.2) is 14.4 Å². The second kappa shape index (κ2) is 7.47. The maximum Gasteiger partial charge on any atom is 0.346 e. The summed E-state index contributed by atoms with van der Waals surface area (Å²) in [6.45, 7) is 0. The summed E-state index contributed by atoms with van der Waals surface area (Å²) in [6, 6.07) is 14.8. The Labute approximate surface area is 189 Å². The zero-order chi connectivity index (χ0) is 23.3. The van der Waals surface area contributed by atoms with Crippen molar-refractivity contribution in [1.29, 1.82) is 5.26 Å². The van der Waals surface area contributed by atoms with E-state index in [4.69, 9.17) is 25.6 Å². The van der Waals surface area contributed by atoms with Crippen LogP contribution >= 0.6 is 11.3 Å². The van der Waals surface area contributed by atoms with Crippen LogP contribution in [0.5, 0.6) is 11.5 Å². The van der Waals surface area contributed by atoms with E-state index in [1.807, 2.05) is 0 Å². The number of thiophene rings is 1. The van der Waals surface area contributed by atoms with E-state index in [9.17, 15) is 14.4 Å². The molecule has 0 unspecified atom stereocenters. The molecule has 0 bridgehead atoms. The summed E-state index contributed by atoms with van der Waals surface area (Å²) in [5.74, 6) is -1.85. The Morgan fingerprint density at radius 1 is 0.970 bits per heavy atom. The smallest absolute Gasteiger partial charge is 0.346 e. The van der Waals surface area contributed by atoms with E-state index in [2.05, 4.69) is 0 Å². The van der Waals surface area contributed by atoms with Crippen LogP contribution in [-0.2, 0) is 14.4 Å². The molecule has 160 valence electrons. The Morgan fingerprint density at radius 3 is 2.18 bits per heavy atom. The largest absolute Gasteiger partial charge is 0.477 e. The lowest BCUT2D eigenvalue weighted by molar-refractivity contribution is -0.132.